The molecular formula is C30H30N4O4. The number of aromatic amines is 1. The number of rotatable bonds is 7. The number of fused-ring (bicyclic) bond motifs is 2. The number of ether oxygens (including phenoxy) is 3. The SMILES string of the molecule is CCOc1ccnc(CNc2ccc3c(c2)Cc2cccc(-c4cc(N5CCOCC5)cc(=O)[nH]4)c2O3)c1. The summed E-state index contributed by atoms with van der Waals surface area (Å²) in [5.74, 6) is 2.42. The molecule has 2 N–H and O–H groups in total. The van der Waals surface area contributed by atoms with Crippen LogP contribution in [-0.2, 0) is 17.7 Å². The molecule has 194 valence electrons. The van der Waals surface area contributed by atoms with Gasteiger partial charge in [-0.05, 0) is 48.9 Å². The standard InChI is InChI=1S/C30H30N4O4/c1-2-37-25-8-9-31-23(16-25)19-32-22-6-7-28-21(15-22)14-20-4-3-5-26(30(20)38-28)27-17-24(18-29(35)33-27)34-10-12-36-13-11-34/h3-9,15-18,32H,2,10-14,19H2,1H3,(H,33,35). The van der Waals surface area contributed by atoms with Crippen molar-refractivity contribution in [2.75, 3.05) is 43.1 Å². The van der Waals surface area contributed by atoms with Crippen LogP contribution in [0.2, 0.25) is 0 Å². The molecule has 38 heavy (non-hydrogen) atoms. The minimum atomic E-state index is -0.130. The van der Waals surface area contributed by atoms with Crippen LogP contribution in [0, 0.1) is 0 Å². The molecule has 0 spiro atoms. The summed E-state index contributed by atoms with van der Waals surface area (Å²) >= 11 is 0. The van der Waals surface area contributed by atoms with Gasteiger partial charge in [0.2, 0.25) is 5.56 Å². The second-order valence-electron chi connectivity index (χ2n) is 9.38. The van der Waals surface area contributed by atoms with Crippen LogP contribution in [0.3, 0.4) is 0 Å². The molecule has 0 aliphatic carbocycles. The zero-order valence-electron chi connectivity index (χ0n) is 21.3. The molecule has 1 saturated heterocycles. The summed E-state index contributed by atoms with van der Waals surface area (Å²) < 4.78 is 17.5. The molecular weight excluding hydrogens is 480 g/mol. The summed E-state index contributed by atoms with van der Waals surface area (Å²) in [5.41, 5.74) is 6.49. The minimum absolute atomic E-state index is 0.130. The normalized spacial score (nSPS) is 14.3. The van der Waals surface area contributed by atoms with Crippen LogP contribution < -0.4 is 25.2 Å². The van der Waals surface area contributed by atoms with E-state index in [1.165, 1.54) is 0 Å². The molecule has 0 bridgehead atoms. The molecule has 0 amide bonds. The number of aromatic nitrogens is 2. The lowest BCUT2D eigenvalue weighted by Gasteiger charge is -2.29. The average molecular weight is 511 g/mol. The monoisotopic (exact) mass is 510 g/mol. The molecule has 0 atom stereocenters. The molecule has 2 aromatic heterocycles. The van der Waals surface area contributed by atoms with Gasteiger partial charge in [0, 0.05) is 60.3 Å². The lowest BCUT2D eigenvalue weighted by molar-refractivity contribution is 0.122. The molecule has 6 rings (SSSR count). The van der Waals surface area contributed by atoms with Gasteiger partial charge in [0.05, 0.1) is 37.8 Å². The topological polar surface area (TPSA) is 88.7 Å². The van der Waals surface area contributed by atoms with Gasteiger partial charge in [-0.1, -0.05) is 12.1 Å². The van der Waals surface area contributed by atoms with Crippen LogP contribution >= 0.6 is 0 Å². The fourth-order valence-corrected chi connectivity index (χ4v) is 4.98. The Hall–Kier alpha value is -4.30. The average Bonchev–Trinajstić information content (AvgIpc) is 2.95. The highest BCUT2D eigenvalue weighted by molar-refractivity contribution is 5.74. The number of benzene rings is 2. The van der Waals surface area contributed by atoms with Gasteiger partial charge in [0.25, 0.3) is 0 Å². The molecule has 2 aliphatic heterocycles. The number of hydrogen-bond donors (Lipinski definition) is 2. The van der Waals surface area contributed by atoms with E-state index in [-0.39, 0.29) is 5.56 Å². The molecule has 4 heterocycles. The molecule has 2 aromatic carbocycles. The van der Waals surface area contributed by atoms with Gasteiger partial charge < -0.3 is 29.4 Å². The predicted octanol–water partition coefficient (Wildman–Crippen LogP) is 4.98. The Kier molecular flexibility index (Phi) is 6.71. The Bertz CT molecular complexity index is 1510. The lowest BCUT2D eigenvalue weighted by atomic mass is 9.96. The van der Waals surface area contributed by atoms with E-state index in [0.29, 0.717) is 26.4 Å². The van der Waals surface area contributed by atoms with Gasteiger partial charge in [-0.25, -0.2) is 0 Å². The van der Waals surface area contributed by atoms with Crippen molar-refractivity contribution >= 4 is 11.4 Å². The maximum absolute atomic E-state index is 12.6. The van der Waals surface area contributed by atoms with Gasteiger partial charge in [0.15, 0.2) is 0 Å². The van der Waals surface area contributed by atoms with E-state index < -0.39 is 0 Å². The van der Waals surface area contributed by atoms with E-state index in [9.17, 15) is 4.79 Å². The first-order chi connectivity index (χ1) is 18.7. The van der Waals surface area contributed by atoms with E-state index in [0.717, 1.165) is 76.2 Å². The van der Waals surface area contributed by atoms with Crippen molar-refractivity contribution in [3.8, 4) is 28.5 Å². The summed E-state index contributed by atoms with van der Waals surface area (Å²) in [6.45, 7) is 6.05. The Balaban J connectivity index is 1.23. The first-order valence-corrected chi connectivity index (χ1v) is 13.0. The highest BCUT2D eigenvalue weighted by Gasteiger charge is 2.22. The Morgan fingerprint density at radius 1 is 1.05 bits per heavy atom. The fraction of sp³-hybridized carbons (Fsp3) is 0.267. The van der Waals surface area contributed by atoms with Crippen LogP contribution in [0.15, 0.2) is 71.7 Å². The second-order valence-corrected chi connectivity index (χ2v) is 9.38. The Morgan fingerprint density at radius 3 is 2.82 bits per heavy atom. The Labute approximate surface area is 221 Å². The van der Waals surface area contributed by atoms with E-state index in [1.807, 2.05) is 49.4 Å². The summed E-state index contributed by atoms with van der Waals surface area (Å²) in [4.78, 5) is 22.2. The van der Waals surface area contributed by atoms with Gasteiger partial charge >= 0.3 is 0 Å². The highest BCUT2D eigenvalue weighted by atomic mass is 16.5. The van der Waals surface area contributed by atoms with Crippen molar-refractivity contribution in [3.05, 3.63) is 94.0 Å². The number of morpholine rings is 1. The van der Waals surface area contributed by atoms with Crippen molar-refractivity contribution in [1.29, 1.82) is 0 Å². The van der Waals surface area contributed by atoms with Gasteiger partial charge in [-0.3, -0.25) is 9.78 Å². The molecule has 1 fully saturated rings. The third kappa shape index (κ3) is 5.08. The quantitative estimate of drug-likeness (QED) is 0.319. The first kappa shape index (κ1) is 24.1. The van der Waals surface area contributed by atoms with Gasteiger partial charge in [-0.15, -0.1) is 0 Å². The van der Waals surface area contributed by atoms with Gasteiger partial charge in [0.1, 0.15) is 17.2 Å². The van der Waals surface area contributed by atoms with Crippen molar-refractivity contribution < 1.29 is 14.2 Å². The number of para-hydroxylation sites is 1. The summed E-state index contributed by atoms with van der Waals surface area (Å²) in [5, 5.41) is 3.46. The number of nitrogens with zero attached hydrogens (tertiary/aromatic N) is 2. The van der Waals surface area contributed by atoms with Crippen molar-refractivity contribution in [1.82, 2.24) is 9.97 Å². The van der Waals surface area contributed by atoms with Crippen LogP contribution in [0.4, 0.5) is 11.4 Å². The summed E-state index contributed by atoms with van der Waals surface area (Å²) in [6.07, 6.45) is 2.50. The molecule has 4 aromatic rings. The molecule has 8 nitrogen and oxygen atoms in total. The van der Waals surface area contributed by atoms with Crippen LogP contribution in [0.5, 0.6) is 17.2 Å². The maximum Gasteiger partial charge on any atom is 0.250 e. The lowest BCUT2D eigenvalue weighted by Crippen LogP contribution is -2.36. The molecule has 2 aliphatic rings. The molecule has 0 saturated carbocycles. The van der Waals surface area contributed by atoms with Crippen molar-refractivity contribution in [3.63, 3.8) is 0 Å². The first-order valence-electron chi connectivity index (χ1n) is 13.0. The van der Waals surface area contributed by atoms with Crippen molar-refractivity contribution in [2.24, 2.45) is 0 Å². The van der Waals surface area contributed by atoms with Crippen LogP contribution in [0.25, 0.3) is 11.3 Å². The highest BCUT2D eigenvalue weighted by Crippen LogP contribution is 2.43. The number of H-pyrrole nitrogens is 1. The van der Waals surface area contributed by atoms with E-state index in [2.05, 4.69) is 32.3 Å². The van der Waals surface area contributed by atoms with E-state index in [1.54, 1.807) is 12.3 Å². The molecule has 0 unspecified atom stereocenters. The molecule has 0 radical (unpaired) electrons. The van der Waals surface area contributed by atoms with E-state index >= 15 is 0 Å². The van der Waals surface area contributed by atoms with E-state index in [4.69, 9.17) is 14.2 Å². The number of anilines is 2. The largest absolute Gasteiger partial charge is 0.494 e. The number of pyridine rings is 2. The summed E-state index contributed by atoms with van der Waals surface area (Å²) in [6, 6.07) is 19.7. The smallest absolute Gasteiger partial charge is 0.250 e. The number of hydrogen-bond acceptors (Lipinski definition) is 7. The summed E-state index contributed by atoms with van der Waals surface area (Å²) in [7, 11) is 0. The third-order valence-electron chi connectivity index (χ3n) is 6.82. The second kappa shape index (κ2) is 10.6. The zero-order chi connectivity index (χ0) is 25.9. The predicted molar refractivity (Wildman–Crippen MR) is 148 cm³/mol. The minimum Gasteiger partial charge on any atom is -0.494 e. The van der Waals surface area contributed by atoms with Crippen molar-refractivity contribution in [2.45, 2.75) is 19.9 Å². The zero-order valence-corrected chi connectivity index (χ0v) is 21.3. The van der Waals surface area contributed by atoms with Crippen LogP contribution in [0.1, 0.15) is 23.7 Å². The van der Waals surface area contributed by atoms with Gasteiger partial charge in [-0.2, -0.15) is 0 Å². The maximum atomic E-state index is 12.6. The fourth-order valence-electron chi connectivity index (χ4n) is 4.98. The Morgan fingerprint density at radius 2 is 1.95 bits per heavy atom. The number of nitrogens with one attached hydrogen (secondary N) is 2. The molecule has 8 heteroatoms. The third-order valence-corrected chi connectivity index (χ3v) is 6.82. The van der Waals surface area contributed by atoms with Crippen LogP contribution in [-0.4, -0.2) is 42.9 Å².